The highest BCUT2D eigenvalue weighted by Crippen LogP contribution is 2.33. The molecule has 5 heterocycles. The zero-order valence-corrected chi connectivity index (χ0v) is 21.8. The molecule has 14 heteroatoms. The lowest BCUT2D eigenvalue weighted by Crippen LogP contribution is -2.25. The molecule has 1 aromatic carbocycles. The first-order chi connectivity index (χ1) is 18.8. The number of nitrogens with one attached hydrogen (secondary N) is 1. The summed E-state index contributed by atoms with van der Waals surface area (Å²) in [4.78, 5) is 42.4. The van der Waals surface area contributed by atoms with Crippen LogP contribution in [-0.4, -0.2) is 57.7 Å². The molecule has 39 heavy (non-hydrogen) atoms. The van der Waals surface area contributed by atoms with Gasteiger partial charge in [-0.15, -0.1) is 5.10 Å². The second-order valence-electron chi connectivity index (χ2n) is 8.90. The molecule has 1 amide bonds. The molecule has 0 spiro atoms. The average Bonchev–Trinajstić information content (AvgIpc) is 3.68. The summed E-state index contributed by atoms with van der Waals surface area (Å²) in [6.07, 6.45) is 4.91. The number of aryl methyl sites for hydroxylation is 1. The van der Waals surface area contributed by atoms with Crippen molar-refractivity contribution < 1.29 is 9.90 Å². The first-order valence-electron chi connectivity index (χ1n) is 11.8. The van der Waals surface area contributed by atoms with E-state index < -0.39 is 6.09 Å². The molecule has 5 aromatic rings. The summed E-state index contributed by atoms with van der Waals surface area (Å²) in [6, 6.07) is 9.73. The van der Waals surface area contributed by atoms with Crippen molar-refractivity contribution >= 4 is 35.1 Å². The molecular weight excluding hydrogens is 545 g/mol. The number of nitrogens with zero attached hydrogens (tertiary/aromatic N) is 8. The number of hydrogen-bond donors (Lipinski definition) is 2. The molecule has 6 rings (SSSR count). The summed E-state index contributed by atoms with van der Waals surface area (Å²) in [5, 5.41) is 17.7. The zero-order valence-electron chi connectivity index (χ0n) is 20.3. The van der Waals surface area contributed by atoms with Crippen LogP contribution < -0.4 is 10.5 Å². The van der Waals surface area contributed by atoms with E-state index in [9.17, 15) is 9.59 Å². The number of hydrogen-bond acceptors (Lipinski definition) is 7. The number of pyridine rings is 1. The molecule has 4 aromatic heterocycles. The molecule has 1 atom stereocenters. The van der Waals surface area contributed by atoms with Crippen LogP contribution in [0.3, 0.4) is 0 Å². The van der Waals surface area contributed by atoms with E-state index in [2.05, 4.69) is 25.3 Å². The predicted octanol–water partition coefficient (Wildman–Crippen LogP) is 4.23. The Balaban J connectivity index is 1.32. The van der Waals surface area contributed by atoms with Gasteiger partial charge in [-0.25, -0.2) is 24.4 Å². The van der Waals surface area contributed by atoms with E-state index in [4.69, 9.17) is 33.3 Å². The Morgan fingerprint density at radius 2 is 2.00 bits per heavy atom. The second-order valence-corrected chi connectivity index (χ2v) is 9.72. The number of carboxylic acid groups (broad SMARTS) is 1. The molecule has 0 saturated carbocycles. The largest absolute Gasteiger partial charge is 0.465 e. The quantitative estimate of drug-likeness (QED) is 0.322. The van der Waals surface area contributed by atoms with Gasteiger partial charge in [0.05, 0.1) is 35.5 Å². The van der Waals surface area contributed by atoms with Crippen LogP contribution in [0.5, 0.6) is 0 Å². The van der Waals surface area contributed by atoms with Gasteiger partial charge in [-0.1, -0.05) is 28.4 Å². The first-order valence-corrected chi connectivity index (χ1v) is 12.5. The number of H-pyrrole nitrogens is 1. The average molecular weight is 564 g/mol. The molecule has 1 aliphatic heterocycles. The van der Waals surface area contributed by atoms with Crippen molar-refractivity contribution in [3.05, 3.63) is 87.2 Å². The zero-order chi connectivity index (χ0) is 27.3. The third-order valence-corrected chi connectivity index (χ3v) is 6.93. The van der Waals surface area contributed by atoms with Crippen molar-refractivity contribution in [2.45, 2.75) is 18.9 Å². The van der Waals surface area contributed by atoms with Gasteiger partial charge in [0.1, 0.15) is 17.5 Å². The van der Waals surface area contributed by atoms with Crippen molar-refractivity contribution in [1.29, 1.82) is 0 Å². The van der Waals surface area contributed by atoms with Crippen LogP contribution in [0.25, 0.3) is 28.2 Å². The maximum Gasteiger partial charge on any atom is 0.412 e. The maximum atomic E-state index is 13.4. The van der Waals surface area contributed by atoms with Crippen molar-refractivity contribution in [2.75, 3.05) is 11.9 Å². The number of benzene rings is 1. The minimum Gasteiger partial charge on any atom is -0.465 e. The minimum absolute atomic E-state index is 0.222. The molecule has 0 aliphatic carbocycles. The van der Waals surface area contributed by atoms with Crippen LogP contribution in [0.2, 0.25) is 10.2 Å². The predicted molar refractivity (Wildman–Crippen MR) is 144 cm³/mol. The lowest BCUT2D eigenvalue weighted by Gasteiger charge is -2.14. The fraction of sp³-hybridized carbons (Fsp3) is 0.160. The molecule has 0 unspecified atom stereocenters. The Bertz CT molecular complexity index is 1780. The van der Waals surface area contributed by atoms with Gasteiger partial charge in [0.25, 0.3) is 5.56 Å². The van der Waals surface area contributed by atoms with Gasteiger partial charge in [-0.05, 0) is 36.8 Å². The van der Waals surface area contributed by atoms with Gasteiger partial charge >= 0.3 is 6.09 Å². The molecule has 12 nitrogen and oxygen atoms in total. The lowest BCUT2D eigenvalue weighted by atomic mass is 10.1. The van der Waals surface area contributed by atoms with E-state index in [1.54, 1.807) is 53.5 Å². The third-order valence-electron chi connectivity index (χ3n) is 6.53. The Kier molecular flexibility index (Phi) is 6.12. The van der Waals surface area contributed by atoms with Crippen molar-refractivity contribution in [3.8, 4) is 28.2 Å². The van der Waals surface area contributed by atoms with E-state index in [1.165, 1.54) is 17.8 Å². The van der Waals surface area contributed by atoms with Gasteiger partial charge in [0.15, 0.2) is 5.15 Å². The van der Waals surface area contributed by atoms with Crippen LogP contribution in [0.15, 0.2) is 59.8 Å². The molecule has 0 radical (unpaired) electrons. The van der Waals surface area contributed by atoms with Gasteiger partial charge < -0.3 is 10.1 Å². The molecule has 0 fully saturated rings. The van der Waals surface area contributed by atoms with Gasteiger partial charge in [0.2, 0.25) is 0 Å². The molecular formula is C25H19Cl2N9O3. The SMILES string of the molecule is CN(C(=O)O)c1ccc(-c2cnc([C@@H]3CCc4nc(-c5cc(Cl)ccc5-n5cc(Cl)nn5)cc(=O)n43)[nH]2)cn1. The lowest BCUT2D eigenvalue weighted by molar-refractivity contribution is 0.203. The number of aromatic amines is 1. The highest BCUT2D eigenvalue weighted by molar-refractivity contribution is 6.31. The number of aromatic nitrogens is 8. The third kappa shape index (κ3) is 4.53. The summed E-state index contributed by atoms with van der Waals surface area (Å²) in [7, 11) is 1.42. The van der Waals surface area contributed by atoms with Crippen molar-refractivity contribution in [3.63, 3.8) is 0 Å². The van der Waals surface area contributed by atoms with Crippen molar-refractivity contribution in [2.24, 2.45) is 0 Å². The minimum atomic E-state index is -1.10. The van der Waals surface area contributed by atoms with E-state index in [1.807, 2.05) is 0 Å². The number of imidazole rings is 1. The summed E-state index contributed by atoms with van der Waals surface area (Å²) in [5.41, 5.74) is 2.93. The van der Waals surface area contributed by atoms with Gasteiger partial charge in [-0.2, -0.15) is 0 Å². The fourth-order valence-corrected chi connectivity index (χ4v) is 4.91. The van der Waals surface area contributed by atoms with E-state index in [0.717, 1.165) is 10.5 Å². The Morgan fingerprint density at radius 3 is 2.72 bits per heavy atom. The Hall–Kier alpha value is -4.55. The fourth-order valence-electron chi connectivity index (χ4n) is 4.61. The molecule has 196 valence electrons. The maximum absolute atomic E-state index is 13.4. The second kappa shape index (κ2) is 9.64. The van der Waals surface area contributed by atoms with Gasteiger partial charge in [-0.3, -0.25) is 14.3 Å². The standard InChI is InChI=1S/C25H19Cl2N9O3/c1-34(25(38)39)21-6-2-13(10-28-21)17-11-29-24(31-17)19-5-7-22-30-16(9-23(37)36(19)22)15-8-14(26)3-4-18(15)35-12-20(27)32-33-35/h2-4,6,8-12,19H,5,7H2,1H3,(H,29,31)(H,38,39)/t19-/m0/s1. The normalized spacial score (nSPS) is 14.4. The number of anilines is 1. The van der Waals surface area contributed by atoms with Gasteiger partial charge in [0, 0.05) is 41.9 Å². The number of halogens is 2. The Morgan fingerprint density at radius 1 is 1.15 bits per heavy atom. The van der Waals surface area contributed by atoms with Crippen LogP contribution in [0, 0.1) is 0 Å². The Labute approximate surface area is 230 Å². The van der Waals surface area contributed by atoms with E-state index >= 15 is 0 Å². The van der Waals surface area contributed by atoms with Crippen LogP contribution in [0.4, 0.5) is 10.6 Å². The topological polar surface area (TPSA) is 148 Å². The number of rotatable bonds is 5. The molecule has 0 bridgehead atoms. The molecule has 0 saturated heterocycles. The highest BCUT2D eigenvalue weighted by atomic mass is 35.5. The number of amides is 1. The van der Waals surface area contributed by atoms with E-state index in [0.29, 0.717) is 58.0 Å². The highest BCUT2D eigenvalue weighted by Gasteiger charge is 2.29. The summed E-state index contributed by atoms with van der Waals surface area (Å²) in [6.45, 7) is 0. The summed E-state index contributed by atoms with van der Waals surface area (Å²) in [5.74, 6) is 1.55. The number of fused-ring (bicyclic) bond motifs is 1. The smallest absolute Gasteiger partial charge is 0.412 e. The number of carbonyl (C=O) groups is 1. The molecule has 2 N–H and O–H groups in total. The van der Waals surface area contributed by atoms with Crippen LogP contribution in [0.1, 0.15) is 24.1 Å². The summed E-state index contributed by atoms with van der Waals surface area (Å²) < 4.78 is 3.15. The van der Waals surface area contributed by atoms with Crippen LogP contribution >= 0.6 is 23.2 Å². The van der Waals surface area contributed by atoms with E-state index in [-0.39, 0.29) is 16.8 Å². The summed E-state index contributed by atoms with van der Waals surface area (Å²) >= 11 is 12.2. The first kappa shape index (κ1) is 24.8. The monoisotopic (exact) mass is 563 g/mol. The van der Waals surface area contributed by atoms with Crippen LogP contribution in [-0.2, 0) is 6.42 Å². The van der Waals surface area contributed by atoms with Crippen molar-refractivity contribution in [1.82, 2.24) is 39.5 Å². The molecule has 1 aliphatic rings.